The Balaban J connectivity index is 1.24. The van der Waals surface area contributed by atoms with Gasteiger partial charge < -0.3 is 4.90 Å². The van der Waals surface area contributed by atoms with E-state index >= 15 is 0 Å². The third-order valence-corrected chi connectivity index (χ3v) is 12.8. The quantitative estimate of drug-likeness (QED) is 0.176. The lowest BCUT2D eigenvalue weighted by atomic mass is 9.81. The van der Waals surface area contributed by atoms with Crippen molar-refractivity contribution in [2.45, 2.75) is 64.7 Å². The minimum Gasteiger partial charge on any atom is -0.310 e. The molecule has 1 heteroatoms. The van der Waals surface area contributed by atoms with Crippen LogP contribution in [0.4, 0.5) is 17.1 Å². The summed E-state index contributed by atoms with van der Waals surface area (Å²) < 4.78 is 0. The zero-order valence-electron chi connectivity index (χ0n) is 33.0. The van der Waals surface area contributed by atoms with E-state index in [0.29, 0.717) is 0 Å². The standard InChI is InChI=1S/C54H47N/c1-52(2,3)37-23-25-38(26-24-37)55(39-27-30-46-44(33-39)51-41-17-11-9-14-34(41)21-29-47(51)53(46,4)5)49-31-22-35-15-8-10-16-40(35)50(49)36-20-28-43-42-18-12-13-19-45(42)54(6,7)48(43)32-36/h8-33H,1-7H3. The van der Waals surface area contributed by atoms with E-state index in [9.17, 15) is 0 Å². The van der Waals surface area contributed by atoms with Crippen LogP contribution in [0, 0.1) is 0 Å². The molecule has 0 saturated heterocycles. The van der Waals surface area contributed by atoms with Crippen molar-refractivity contribution in [3.63, 3.8) is 0 Å². The minimum atomic E-state index is -0.102. The molecule has 0 fully saturated rings. The fraction of sp³-hybridized carbons (Fsp3) is 0.185. The lowest BCUT2D eigenvalue weighted by Crippen LogP contribution is -2.16. The summed E-state index contributed by atoms with van der Waals surface area (Å²) in [6.45, 7) is 16.4. The third kappa shape index (κ3) is 4.99. The van der Waals surface area contributed by atoms with Gasteiger partial charge in [0.25, 0.3) is 0 Å². The molecule has 268 valence electrons. The van der Waals surface area contributed by atoms with Gasteiger partial charge in [-0.2, -0.15) is 0 Å². The summed E-state index contributed by atoms with van der Waals surface area (Å²) in [5, 5.41) is 5.09. The second-order valence-corrected chi connectivity index (χ2v) is 17.8. The lowest BCUT2D eigenvalue weighted by Gasteiger charge is -2.31. The first-order valence-electron chi connectivity index (χ1n) is 19.8. The van der Waals surface area contributed by atoms with E-state index in [1.54, 1.807) is 0 Å². The summed E-state index contributed by atoms with van der Waals surface area (Å²) in [5.74, 6) is 0. The molecule has 0 saturated carbocycles. The summed E-state index contributed by atoms with van der Waals surface area (Å²) in [4.78, 5) is 2.51. The van der Waals surface area contributed by atoms with E-state index in [-0.39, 0.29) is 16.2 Å². The molecular formula is C54H47N. The highest BCUT2D eigenvalue weighted by Gasteiger charge is 2.38. The monoisotopic (exact) mass is 709 g/mol. The molecule has 0 radical (unpaired) electrons. The summed E-state index contributed by atoms with van der Waals surface area (Å²) in [7, 11) is 0. The molecule has 2 aliphatic rings. The third-order valence-electron chi connectivity index (χ3n) is 12.8. The number of benzene rings is 8. The van der Waals surface area contributed by atoms with Gasteiger partial charge in [-0.25, -0.2) is 0 Å². The van der Waals surface area contributed by atoms with Crippen molar-refractivity contribution in [3.8, 4) is 33.4 Å². The highest BCUT2D eigenvalue weighted by Crippen LogP contribution is 2.55. The molecule has 0 spiro atoms. The molecule has 8 aromatic carbocycles. The van der Waals surface area contributed by atoms with Gasteiger partial charge in [-0.1, -0.05) is 170 Å². The highest BCUT2D eigenvalue weighted by atomic mass is 15.1. The zero-order chi connectivity index (χ0) is 37.9. The fourth-order valence-corrected chi connectivity index (χ4v) is 9.80. The molecule has 2 aliphatic carbocycles. The molecule has 0 aromatic heterocycles. The van der Waals surface area contributed by atoms with Crippen molar-refractivity contribution >= 4 is 38.6 Å². The Kier molecular flexibility index (Phi) is 7.21. The maximum absolute atomic E-state index is 2.51. The van der Waals surface area contributed by atoms with Crippen LogP contribution in [-0.2, 0) is 16.2 Å². The number of fused-ring (bicyclic) bond motifs is 9. The number of hydrogen-bond donors (Lipinski definition) is 0. The van der Waals surface area contributed by atoms with Crippen LogP contribution in [0.1, 0.15) is 76.3 Å². The number of rotatable bonds is 4. The Labute approximate surface area is 325 Å². The summed E-state index contributed by atoms with van der Waals surface area (Å²) in [6, 6.07) is 59.7. The second kappa shape index (κ2) is 11.8. The van der Waals surface area contributed by atoms with Gasteiger partial charge >= 0.3 is 0 Å². The van der Waals surface area contributed by atoms with E-state index < -0.39 is 0 Å². The van der Waals surface area contributed by atoms with Gasteiger partial charge in [0.1, 0.15) is 0 Å². The van der Waals surface area contributed by atoms with Crippen molar-refractivity contribution < 1.29 is 0 Å². The number of nitrogens with zero attached hydrogens (tertiary/aromatic N) is 1. The molecular weight excluding hydrogens is 663 g/mol. The molecule has 0 bridgehead atoms. The van der Waals surface area contributed by atoms with Crippen molar-refractivity contribution in [3.05, 3.63) is 186 Å². The summed E-state index contributed by atoms with van der Waals surface area (Å²) >= 11 is 0. The molecule has 0 N–H and O–H groups in total. The Morgan fingerprint density at radius 3 is 1.71 bits per heavy atom. The van der Waals surface area contributed by atoms with Gasteiger partial charge in [0.15, 0.2) is 0 Å². The smallest absolute Gasteiger partial charge is 0.0546 e. The normalized spacial score (nSPS) is 14.7. The highest BCUT2D eigenvalue weighted by molar-refractivity contribution is 6.07. The maximum atomic E-state index is 2.51. The van der Waals surface area contributed by atoms with Gasteiger partial charge in [-0.3, -0.25) is 0 Å². The molecule has 0 heterocycles. The Hall–Kier alpha value is -5.92. The van der Waals surface area contributed by atoms with Crippen LogP contribution in [0.15, 0.2) is 158 Å². The van der Waals surface area contributed by atoms with E-state index in [0.717, 1.165) is 11.4 Å². The predicted molar refractivity (Wildman–Crippen MR) is 235 cm³/mol. The van der Waals surface area contributed by atoms with Crippen LogP contribution in [-0.4, -0.2) is 0 Å². The first-order chi connectivity index (χ1) is 26.4. The largest absolute Gasteiger partial charge is 0.310 e. The first kappa shape index (κ1) is 33.6. The number of hydrogen-bond acceptors (Lipinski definition) is 1. The van der Waals surface area contributed by atoms with Crippen molar-refractivity contribution in [2.24, 2.45) is 0 Å². The minimum absolute atomic E-state index is 0.0518. The van der Waals surface area contributed by atoms with E-state index in [4.69, 9.17) is 0 Å². The topological polar surface area (TPSA) is 3.24 Å². The summed E-state index contributed by atoms with van der Waals surface area (Å²) in [5.41, 5.74) is 18.1. The molecule has 8 aromatic rings. The van der Waals surface area contributed by atoms with Crippen molar-refractivity contribution in [1.29, 1.82) is 0 Å². The van der Waals surface area contributed by atoms with Gasteiger partial charge in [-0.05, 0) is 119 Å². The first-order valence-corrected chi connectivity index (χ1v) is 19.8. The average molecular weight is 710 g/mol. The van der Waals surface area contributed by atoms with E-state index in [2.05, 4.69) is 211 Å². The van der Waals surface area contributed by atoms with E-state index in [1.165, 1.54) is 88.4 Å². The average Bonchev–Trinajstić information content (AvgIpc) is 3.56. The van der Waals surface area contributed by atoms with Crippen LogP contribution in [0.25, 0.3) is 54.9 Å². The van der Waals surface area contributed by atoms with Gasteiger partial charge in [-0.15, -0.1) is 0 Å². The zero-order valence-corrected chi connectivity index (χ0v) is 33.0. The van der Waals surface area contributed by atoms with Crippen molar-refractivity contribution in [2.75, 3.05) is 4.90 Å². The predicted octanol–water partition coefficient (Wildman–Crippen LogP) is 15.0. The second-order valence-electron chi connectivity index (χ2n) is 17.8. The molecule has 55 heavy (non-hydrogen) atoms. The Morgan fingerprint density at radius 2 is 0.982 bits per heavy atom. The molecule has 1 nitrogen and oxygen atoms in total. The molecule has 0 aliphatic heterocycles. The molecule has 0 atom stereocenters. The van der Waals surface area contributed by atoms with Crippen LogP contribution in [0.5, 0.6) is 0 Å². The maximum Gasteiger partial charge on any atom is 0.0546 e. The van der Waals surface area contributed by atoms with Crippen molar-refractivity contribution in [1.82, 2.24) is 0 Å². The Bertz CT molecular complexity index is 2840. The van der Waals surface area contributed by atoms with Gasteiger partial charge in [0.2, 0.25) is 0 Å². The Morgan fingerprint density at radius 1 is 0.418 bits per heavy atom. The van der Waals surface area contributed by atoms with Crippen LogP contribution in [0.2, 0.25) is 0 Å². The van der Waals surface area contributed by atoms with Gasteiger partial charge in [0, 0.05) is 27.8 Å². The number of anilines is 3. The van der Waals surface area contributed by atoms with Crippen LogP contribution < -0.4 is 4.90 Å². The molecule has 10 rings (SSSR count). The van der Waals surface area contributed by atoms with Crippen LogP contribution >= 0.6 is 0 Å². The van der Waals surface area contributed by atoms with E-state index in [1.807, 2.05) is 0 Å². The van der Waals surface area contributed by atoms with Crippen LogP contribution in [0.3, 0.4) is 0 Å². The lowest BCUT2D eigenvalue weighted by molar-refractivity contribution is 0.590. The molecule has 0 amide bonds. The SMILES string of the molecule is CC(C)(C)c1ccc(N(c2ccc3c(c2)-c2c(ccc4ccccc24)C3(C)C)c2ccc3ccccc3c2-c2ccc3c(c2)C(C)(C)c2ccccc2-3)cc1. The fourth-order valence-electron chi connectivity index (χ4n) is 9.80. The molecule has 0 unspecified atom stereocenters. The summed E-state index contributed by atoms with van der Waals surface area (Å²) in [6.07, 6.45) is 0. The van der Waals surface area contributed by atoms with Gasteiger partial charge in [0.05, 0.1) is 5.69 Å².